The molecule has 3 rings (SSSR count). The van der Waals surface area contributed by atoms with Gasteiger partial charge in [0.2, 0.25) is 5.91 Å². The molecule has 0 bridgehead atoms. The van der Waals surface area contributed by atoms with Crippen molar-refractivity contribution in [1.82, 2.24) is 20.0 Å². The number of nitrogens with one attached hydrogen (secondary N) is 1. The van der Waals surface area contributed by atoms with Crippen molar-refractivity contribution in [3.63, 3.8) is 0 Å². The summed E-state index contributed by atoms with van der Waals surface area (Å²) in [5, 5.41) is 8.51. The van der Waals surface area contributed by atoms with Crippen molar-refractivity contribution in [2.75, 3.05) is 13.6 Å². The first kappa shape index (κ1) is 21.0. The Labute approximate surface area is 175 Å². The number of amides is 2. The fourth-order valence-corrected chi connectivity index (χ4v) is 4.28. The number of carbonyl (C=O) groups excluding carboxylic acids is 2. The third kappa shape index (κ3) is 5.03. The molecule has 0 spiro atoms. The molecule has 3 aromatic rings. The molecule has 6 nitrogen and oxygen atoms in total. The summed E-state index contributed by atoms with van der Waals surface area (Å²) in [6, 6.07) is 10.3. The zero-order valence-corrected chi connectivity index (χ0v) is 18.7. The maximum absolute atomic E-state index is 12.9. The summed E-state index contributed by atoms with van der Waals surface area (Å²) in [4.78, 5) is 28.0. The summed E-state index contributed by atoms with van der Waals surface area (Å²) in [6.07, 6.45) is 0. The largest absolute Gasteiger partial charge is 0.350 e. The smallest absolute Gasteiger partial charge is 0.264 e. The number of likely N-dealkylation sites (N-methyl/N-ethyl adjacent to an activating group) is 1. The van der Waals surface area contributed by atoms with Crippen molar-refractivity contribution < 1.29 is 9.59 Å². The van der Waals surface area contributed by atoms with Crippen molar-refractivity contribution in [3.8, 4) is 0 Å². The van der Waals surface area contributed by atoms with Crippen LogP contribution in [0.4, 0.5) is 0 Å². The second-order valence-electron chi connectivity index (χ2n) is 8.52. The number of aromatic nitrogens is 2. The lowest BCUT2D eigenvalue weighted by Crippen LogP contribution is -2.46. The average molecular weight is 413 g/mol. The Balaban J connectivity index is 1.79. The van der Waals surface area contributed by atoms with Crippen LogP contribution in [0.3, 0.4) is 0 Å². The van der Waals surface area contributed by atoms with Crippen LogP contribution in [-0.4, -0.2) is 45.6 Å². The summed E-state index contributed by atoms with van der Waals surface area (Å²) in [5.74, 6) is -0.326. The highest BCUT2D eigenvalue weighted by molar-refractivity contribution is 7.20. The first-order chi connectivity index (χ1) is 13.5. The minimum absolute atomic E-state index is 0.0266. The van der Waals surface area contributed by atoms with E-state index in [2.05, 4.69) is 41.6 Å². The third-order valence-electron chi connectivity index (χ3n) is 4.51. The van der Waals surface area contributed by atoms with Crippen LogP contribution in [-0.2, 0) is 11.3 Å². The van der Waals surface area contributed by atoms with Gasteiger partial charge in [0.15, 0.2) is 0 Å². The molecule has 2 amide bonds. The monoisotopic (exact) mass is 412 g/mol. The van der Waals surface area contributed by atoms with Crippen LogP contribution in [0.25, 0.3) is 10.2 Å². The van der Waals surface area contributed by atoms with E-state index < -0.39 is 0 Å². The first-order valence-electron chi connectivity index (χ1n) is 9.62. The Morgan fingerprint density at radius 3 is 2.45 bits per heavy atom. The quantitative estimate of drug-likeness (QED) is 0.694. The van der Waals surface area contributed by atoms with E-state index in [1.165, 1.54) is 21.8 Å². The van der Waals surface area contributed by atoms with Gasteiger partial charge in [-0.05, 0) is 46.2 Å². The average Bonchev–Trinajstić information content (AvgIpc) is 3.16. The predicted octanol–water partition coefficient (Wildman–Crippen LogP) is 3.75. The van der Waals surface area contributed by atoms with Gasteiger partial charge in [0.25, 0.3) is 5.91 Å². The van der Waals surface area contributed by atoms with E-state index >= 15 is 0 Å². The van der Waals surface area contributed by atoms with Gasteiger partial charge in [-0.2, -0.15) is 5.10 Å². The van der Waals surface area contributed by atoms with Crippen LogP contribution >= 0.6 is 11.3 Å². The van der Waals surface area contributed by atoms with Crippen molar-refractivity contribution >= 4 is 33.4 Å². The van der Waals surface area contributed by atoms with Gasteiger partial charge in [0.1, 0.15) is 4.83 Å². The number of rotatable bonds is 5. The van der Waals surface area contributed by atoms with Crippen molar-refractivity contribution in [3.05, 3.63) is 52.0 Å². The molecule has 2 heterocycles. The third-order valence-corrected chi connectivity index (χ3v) is 5.65. The van der Waals surface area contributed by atoms with E-state index in [0.29, 0.717) is 11.4 Å². The van der Waals surface area contributed by atoms with E-state index in [1.54, 1.807) is 7.05 Å². The Hall–Kier alpha value is -2.67. The minimum atomic E-state index is -0.324. The maximum atomic E-state index is 12.9. The summed E-state index contributed by atoms with van der Waals surface area (Å²) in [5.41, 5.74) is 2.96. The zero-order valence-electron chi connectivity index (χ0n) is 17.9. The van der Waals surface area contributed by atoms with E-state index in [4.69, 9.17) is 0 Å². The van der Waals surface area contributed by atoms with Crippen LogP contribution in [0.15, 0.2) is 30.3 Å². The number of benzene rings is 1. The molecule has 0 fully saturated rings. The lowest BCUT2D eigenvalue weighted by molar-refractivity contribution is -0.122. The highest BCUT2D eigenvalue weighted by Crippen LogP contribution is 2.29. The summed E-state index contributed by atoms with van der Waals surface area (Å²) in [7, 11) is 1.65. The molecule has 154 valence electrons. The van der Waals surface area contributed by atoms with E-state index in [0.717, 1.165) is 21.5 Å². The normalized spacial score (nSPS) is 11.7. The molecule has 0 aliphatic rings. The number of hydrogen-bond acceptors (Lipinski definition) is 4. The molecule has 1 N–H and O–H groups in total. The molecule has 2 aromatic heterocycles. The van der Waals surface area contributed by atoms with E-state index in [9.17, 15) is 9.59 Å². The topological polar surface area (TPSA) is 67.2 Å². The van der Waals surface area contributed by atoms with Gasteiger partial charge in [-0.3, -0.25) is 14.3 Å². The lowest BCUT2D eigenvalue weighted by atomic mass is 10.1. The highest BCUT2D eigenvalue weighted by atomic mass is 32.1. The van der Waals surface area contributed by atoms with Gasteiger partial charge < -0.3 is 10.2 Å². The molecule has 0 saturated heterocycles. The van der Waals surface area contributed by atoms with Gasteiger partial charge >= 0.3 is 0 Å². The second-order valence-corrected chi connectivity index (χ2v) is 9.55. The van der Waals surface area contributed by atoms with Gasteiger partial charge in [0, 0.05) is 18.0 Å². The van der Waals surface area contributed by atoms with Crippen LogP contribution in [0.1, 0.15) is 47.3 Å². The molecule has 0 unspecified atom stereocenters. The molecule has 29 heavy (non-hydrogen) atoms. The summed E-state index contributed by atoms with van der Waals surface area (Å²) in [6.45, 7) is 10.5. The molecule has 0 aliphatic carbocycles. The fourth-order valence-electron chi connectivity index (χ4n) is 3.12. The molecule has 1 aromatic carbocycles. The maximum Gasteiger partial charge on any atom is 0.264 e. The molecule has 0 aliphatic heterocycles. The number of nitrogens with zero attached hydrogens (tertiary/aromatic N) is 3. The number of hydrogen-bond donors (Lipinski definition) is 1. The number of thiophene rings is 1. The summed E-state index contributed by atoms with van der Waals surface area (Å²) < 4.78 is 1.95. The highest BCUT2D eigenvalue weighted by Gasteiger charge is 2.22. The Bertz CT molecular complexity index is 1040. The van der Waals surface area contributed by atoms with Crippen LogP contribution in [0.5, 0.6) is 0 Å². The molecule has 0 saturated carbocycles. The van der Waals surface area contributed by atoms with Crippen LogP contribution < -0.4 is 5.32 Å². The Morgan fingerprint density at radius 2 is 1.83 bits per heavy atom. The molecular weight excluding hydrogens is 384 g/mol. The van der Waals surface area contributed by atoms with E-state index in [-0.39, 0.29) is 23.9 Å². The van der Waals surface area contributed by atoms with Crippen LogP contribution in [0, 0.1) is 13.8 Å². The summed E-state index contributed by atoms with van der Waals surface area (Å²) >= 11 is 1.42. The first-order valence-corrected chi connectivity index (χ1v) is 10.4. The van der Waals surface area contributed by atoms with Gasteiger partial charge in [-0.25, -0.2) is 0 Å². The van der Waals surface area contributed by atoms with Crippen molar-refractivity contribution in [2.24, 2.45) is 0 Å². The number of carbonyl (C=O) groups is 2. The molecule has 0 atom stereocenters. The Morgan fingerprint density at radius 1 is 1.17 bits per heavy atom. The Kier molecular flexibility index (Phi) is 5.80. The zero-order chi connectivity index (χ0) is 21.3. The van der Waals surface area contributed by atoms with Crippen molar-refractivity contribution in [1.29, 1.82) is 0 Å². The van der Waals surface area contributed by atoms with Gasteiger partial charge in [-0.15, -0.1) is 11.3 Å². The fraction of sp³-hybridized carbons (Fsp3) is 0.409. The van der Waals surface area contributed by atoms with Gasteiger partial charge in [-0.1, -0.05) is 29.8 Å². The van der Waals surface area contributed by atoms with E-state index in [1.807, 2.05) is 38.4 Å². The second kappa shape index (κ2) is 7.99. The van der Waals surface area contributed by atoms with Crippen molar-refractivity contribution in [2.45, 2.75) is 46.7 Å². The minimum Gasteiger partial charge on any atom is -0.350 e. The molecule has 7 heteroatoms. The van der Waals surface area contributed by atoms with Crippen LogP contribution in [0.2, 0.25) is 0 Å². The lowest BCUT2D eigenvalue weighted by Gasteiger charge is -2.23. The number of aryl methyl sites for hydroxylation is 2. The SMILES string of the molecule is Cc1ccc(Cn2nc(C)c3cc(C(=O)N(C)CC(=O)NC(C)(C)C)sc32)cc1. The number of fused-ring (bicyclic) bond motifs is 1. The molecular formula is C22H28N4O2S. The predicted molar refractivity (Wildman–Crippen MR) is 117 cm³/mol. The molecule has 0 radical (unpaired) electrons. The standard InChI is InChI=1S/C22H28N4O2S/c1-14-7-9-16(10-8-14)12-26-21-17(15(2)24-26)11-18(29-21)20(28)25(6)13-19(27)23-22(3,4)5/h7-11H,12-13H2,1-6H3,(H,23,27). The van der Waals surface area contributed by atoms with Gasteiger partial charge in [0.05, 0.1) is 23.7 Å².